The van der Waals surface area contributed by atoms with E-state index in [2.05, 4.69) is 19.6 Å². The molecule has 1 radical (unpaired) electrons. The number of aldehydes is 1. The number of likely N-dealkylation sites (N-methyl/N-ethyl adjacent to an activating group) is 1. The molecule has 3 heteroatoms. The Hall–Kier alpha value is -0.0200. The zero-order chi connectivity index (χ0) is 7.49. The lowest BCUT2D eigenvalue weighted by atomic mass is 10.2. The molecule has 0 N–H and O–H groups in total. The van der Waals surface area contributed by atoms with Gasteiger partial charge in [0.2, 0.25) is 0 Å². The van der Waals surface area contributed by atoms with Gasteiger partial charge in [0.05, 0.1) is 0 Å². The monoisotopic (exact) mass is 146 g/mol. The van der Waals surface area contributed by atoms with Gasteiger partial charge in [-0.05, 0) is 20.5 Å². The van der Waals surface area contributed by atoms with Crippen molar-refractivity contribution >= 4 is 18.9 Å². The largest absolute Gasteiger partial charge is 0.300 e. The molecule has 9 heavy (non-hydrogen) atoms. The number of rotatable bonds is 3. The SMILES string of the molecule is [CH2]CC(S)(C=O)N(C)C. The molecule has 0 aliphatic heterocycles. The average molecular weight is 146 g/mol. The summed E-state index contributed by atoms with van der Waals surface area (Å²) in [6, 6.07) is 0. The Kier molecular flexibility index (Phi) is 3.22. The van der Waals surface area contributed by atoms with E-state index in [9.17, 15) is 4.79 Å². The number of carbonyl (C=O) groups excluding carboxylic acids is 1. The third-order valence-electron chi connectivity index (χ3n) is 1.33. The van der Waals surface area contributed by atoms with Gasteiger partial charge in [-0.15, -0.1) is 12.6 Å². The minimum atomic E-state index is -0.681. The molecule has 1 unspecified atom stereocenters. The van der Waals surface area contributed by atoms with E-state index in [1.165, 1.54) is 0 Å². The van der Waals surface area contributed by atoms with Crippen LogP contribution in [-0.2, 0) is 4.79 Å². The zero-order valence-corrected chi connectivity index (χ0v) is 6.69. The Labute approximate surface area is 61.6 Å². The second-order valence-electron chi connectivity index (χ2n) is 2.14. The highest BCUT2D eigenvalue weighted by Gasteiger charge is 2.24. The number of nitrogens with zero attached hydrogens (tertiary/aromatic N) is 1. The third kappa shape index (κ3) is 1.99. The van der Waals surface area contributed by atoms with E-state index in [0.29, 0.717) is 6.42 Å². The van der Waals surface area contributed by atoms with Crippen molar-refractivity contribution in [2.45, 2.75) is 11.3 Å². The molecule has 0 aliphatic carbocycles. The van der Waals surface area contributed by atoms with Crippen molar-refractivity contribution in [2.75, 3.05) is 14.1 Å². The Morgan fingerprint density at radius 1 is 1.78 bits per heavy atom. The summed E-state index contributed by atoms with van der Waals surface area (Å²) in [6.07, 6.45) is 1.27. The van der Waals surface area contributed by atoms with Gasteiger partial charge in [0.1, 0.15) is 11.2 Å². The molecule has 0 saturated carbocycles. The van der Waals surface area contributed by atoms with Crippen LogP contribution < -0.4 is 0 Å². The van der Waals surface area contributed by atoms with Crippen LogP contribution in [0.2, 0.25) is 0 Å². The van der Waals surface area contributed by atoms with Crippen molar-refractivity contribution in [2.24, 2.45) is 0 Å². The van der Waals surface area contributed by atoms with Crippen LogP contribution in [0.25, 0.3) is 0 Å². The topological polar surface area (TPSA) is 20.3 Å². The summed E-state index contributed by atoms with van der Waals surface area (Å²) in [7, 11) is 3.60. The molecule has 0 amide bonds. The number of carbonyl (C=O) groups is 1. The van der Waals surface area contributed by atoms with E-state index in [0.717, 1.165) is 6.29 Å². The van der Waals surface area contributed by atoms with Crippen LogP contribution in [0.4, 0.5) is 0 Å². The minimum Gasteiger partial charge on any atom is -0.300 e. The van der Waals surface area contributed by atoms with E-state index in [-0.39, 0.29) is 0 Å². The lowest BCUT2D eigenvalue weighted by molar-refractivity contribution is -0.112. The maximum Gasteiger partial charge on any atom is 0.150 e. The zero-order valence-electron chi connectivity index (χ0n) is 5.79. The lowest BCUT2D eigenvalue weighted by Gasteiger charge is -2.27. The molecule has 1 atom stereocenters. The molecular weight excluding hydrogens is 134 g/mol. The van der Waals surface area contributed by atoms with E-state index < -0.39 is 4.87 Å². The van der Waals surface area contributed by atoms with Crippen LogP contribution in [0.15, 0.2) is 0 Å². The van der Waals surface area contributed by atoms with Crippen molar-refractivity contribution in [1.29, 1.82) is 0 Å². The van der Waals surface area contributed by atoms with Gasteiger partial charge in [-0.1, -0.05) is 6.92 Å². The van der Waals surface area contributed by atoms with Gasteiger partial charge in [0, 0.05) is 0 Å². The number of hydrogen-bond donors (Lipinski definition) is 1. The molecule has 0 fully saturated rings. The first-order chi connectivity index (χ1) is 4.06. The third-order valence-corrected chi connectivity index (χ3v) is 2.06. The highest BCUT2D eigenvalue weighted by atomic mass is 32.1. The van der Waals surface area contributed by atoms with Crippen molar-refractivity contribution in [3.63, 3.8) is 0 Å². The van der Waals surface area contributed by atoms with Crippen molar-refractivity contribution < 1.29 is 4.79 Å². The van der Waals surface area contributed by atoms with Crippen LogP contribution >= 0.6 is 12.6 Å². The Bertz CT molecular complexity index is 105. The predicted octanol–water partition coefficient (Wildman–Crippen LogP) is 0.597. The molecule has 0 aliphatic rings. The molecule has 0 bridgehead atoms. The summed E-state index contributed by atoms with van der Waals surface area (Å²) >= 11 is 4.11. The Morgan fingerprint density at radius 2 is 2.22 bits per heavy atom. The highest BCUT2D eigenvalue weighted by Crippen LogP contribution is 2.17. The Balaban J connectivity index is 4.08. The van der Waals surface area contributed by atoms with E-state index in [4.69, 9.17) is 0 Å². The van der Waals surface area contributed by atoms with E-state index >= 15 is 0 Å². The molecule has 2 nitrogen and oxygen atoms in total. The maximum absolute atomic E-state index is 10.3. The molecule has 0 saturated heterocycles. The van der Waals surface area contributed by atoms with Crippen LogP contribution in [0.1, 0.15) is 6.42 Å². The van der Waals surface area contributed by atoms with Gasteiger partial charge >= 0.3 is 0 Å². The van der Waals surface area contributed by atoms with Crippen molar-refractivity contribution in [1.82, 2.24) is 4.90 Å². The quantitative estimate of drug-likeness (QED) is 0.357. The molecule has 0 aromatic carbocycles. The van der Waals surface area contributed by atoms with Gasteiger partial charge in [0.25, 0.3) is 0 Å². The summed E-state index contributed by atoms with van der Waals surface area (Å²) in [5.74, 6) is 0. The van der Waals surface area contributed by atoms with E-state index in [1.807, 2.05) is 0 Å². The van der Waals surface area contributed by atoms with E-state index in [1.54, 1.807) is 19.0 Å². The second-order valence-corrected chi connectivity index (χ2v) is 2.92. The molecule has 0 heterocycles. The molecular formula is C6H12NOS. The van der Waals surface area contributed by atoms with Gasteiger partial charge in [-0.2, -0.15) is 0 Å². The maximum atomic E-state index is 10.3. The average Bonchev–Trinajstić information content (AvgIpc) is 1.86. The van der Waals surface area contributed by atoms with Crippen LogP contribution in [0, 0.1) is 6.92 Å². The lowest BCUT2D eigenvalue weighted by Crippen LogP contribution is -2.39. The fraction of sp³-hybridized carbons (Fsp3) is 0.667. The minimum absolute atomic E-state index is 0.479. The molecule has 0 rings (SSSR count). The van der Waals surface area contributed by atoms with Crippen LogP contribution in [0.3, 0.4) is 0 Å². The summed E-state index contributed by atoms with van der Waals surface area (Å²) in [5.41, 5.74) is 0. The predicted molar refractivity (Wildman–Crippen MR) is 41.4 cm³/mol. The van der Waals surface area contributed by atoms with Crippen molar-refractivity contribution in [3.05, 3.63) is 6.92 Å². The summed E-state index contributed by atoms with van der Waals surface area (Å²) < 4.78 is 0. The van der Waals surface area contributed by atoms with Gasteiger partial charge in [-0.25, -0.2) is 0 Å². The molecule has 0 spiro atoms. The highest BCUT2D eigenvalue weighted by molar-refractivity contribution is 7.82. The smallest absolute Gasteiger partial charge is 0.150 e. The second kappa shape index (κ2) is 3.22. The summed E-state index contributed by atoms with van der Waals surface area (Å²) in [5, 5.41) is 0. The fourth-order valence-electron chi connectivity index (χ4n) is 0.388. The normalized spacial score (nSPS) is 17.4. The first kappa shape index (κ1) is 8.98. The van der Waals surface area contributed by atoms with Crippen LogP contribution in [0.5, 0.6) is 0 Å². The molecule has 0 aromatic heterocycles. The fourth-order valence-corrected chi connectivity index (χ4v) is 0.388. The Morgan fingerprint density at radius 3 is 2.22 bits per heavy atom. The first-order valence-corrected chi connectivity index (χ1v) is 3.17. The van der Waals surface area contributed by atoms with Crippen LogP contribution in [-0.4, -0.2) is 30.2 Å². The number of thiol groups is 1. The summed E-state index contributed by atoms with van der Waals surface area (Å²) in [4.78, 5) is 11.4. The first-order valence-electron chi connectivity index (χ1n) is 2.72. The number of hydrogen-bond acceptors (Lipinski definition) is 3. The molecule has 53 valence electrons. The van der Waals surface area contributed by atoms with Gasteiger partial charge in [-0.3, -0.25) is 4.90 Å². The summed E-state index contributed by atoms with van der Waals surface area (Å²) in [6.45, 7) is 3.60. The van der Waals surface area contributed by atoms with Crippen molar-refractivity contribution in [3.8, 4) is 0 Å². The molecule has 0 aromatic rings. The standard InChI is InChI=1S/C6H12NOS/c1-4-6(9,5-8)7(2)3/h5,9H,1,4H2,2-3H3. The van der Waals surface area contributed by atoms with Gasteiger partial charge < -0.3 is 4.79 Å². The van der Waals surface area contributed by atoms with Gasteiger partial charge in [0.15, 0.2) is 0 Å².